The van der Waals surface area contributed by atoms with Crippen LogP contribution in [0.15, 0.2) is 54.6 Å². The van der Waals surface area contributed by atoms with Gasteiger partial charge in [0.1, 0.15) is 0 Å². The van der Waals surface area contributed by atoms with Crippen molar-refractivity contribution in [2.24, 2.45) is 0 Å². The van der Waals surface area contributed by atoms with Crippen LogP contribution in [-0.4, -0.2) is 6.04 Å². The van der Waals surface area contributed by atoms with Gasteiger partial charge in [0.15, 0.2) is 0 Å². The van der Waals surface area contributed by atoms with Crippen molar-refractivity contribution in [3.05, 3.63) is 70.7 Å². The maximum atomic E-state index is 6.25. The number of halogens is 1. The minimum atomic E-state index is 0.311. The molecule has 0 unspecified atom stereocenters. The quantitative estimate of drug-likeness (QED) is 0.839. The third-order valence-corrected chi connectivity index (χ3v) is 4.61. The van der Waals surface area contributed by atoms with Crippen molar-refractivity contribution in [3.8, 4) is 0 Å². The van der Waals surface area contributed by atoms with Gasteiger partial charge in [0.25, 0.3) is 0 Å². The molecule has 0 aromatic heterocycles. The van der Waals surface area contributed by atoms with Crippen molar-refractivity contribution < 1.29 is 0 Å². The zero-order valence-electron chi connectivity index (χ0n) is 11.7. The topological polar surface area (TPSA) is 12.0 Å². The summed E-state index contributed by atoms with van der Waals surface area (Å²) in [5.74, 6) is 0.715. The Labute approximate surface area is 126 Å². The van der Waals surface area contributed by atoms with Crippen LogP contribution >= 0.6 is 11.6 Å². The first-order chi connectivity index (χ1) is 9.74. The number of hydrogen-bond donors (Lipinski definition) is 1. The van der Waals surface area contributed by atoms with Crippen molar-refractivity contribution in [1.29, 1.82) is 0 Å². The van der Waals surface area contributed by atoms with E-state index in [1.165, 1.54) is 24.0 Å². The molecule has 0 spiro atoms. The van der Waals surface area contributed by atoms with Gasteiger partial charge in [0.2, 0.25) is 0 Å². The third kappa shape index (κ3) is 2.89. The fourth-order valence-electron chi connectivity index (χ4n) is 3.02. The predicted octanol–water partition coefficient (Wildman–Crippen LogP) is 4.94. The summed E-state index contributed by atoms with van der Waals surface area (Å²) in [6.45, 7) is 2.19. The molecule has 0 radical (unpaired) electrons. The van der Waals surface area contributed by atoms with Crippen LogP contribution in [0.5, 0.6) is 0 Å². The van der Waals surface area contributed by atoms with Crippen LogP contribution in [0.4, 0.5) is 0 Å². The summed E-state index contributed by atoms with van der Waals surface area (Å²) in [6, 6.07) is 19.8. The van der Waals surface area contributed by atoms with Crippen molar-refractivity contribution in [3.63, 3.8) is 0 Å². The molecule has 0 aliphatic heterocycles. The van der Waals surface area contributed by atoms with E-state index in [1.807, 2.05) is 18.2 Å². The molecule has 1 aliphatic rings. The van der Waals surface area contributed by atoms with Crippen LogP contribution in [0.25, 0.3) is 0 Å². The Morgan fingerprint density at radius 1 is 1.00 bits per heavy atom. The Hall–Kier alpha value is -1.31. The molecule has 1 nitrogen and oxygen atoms in total. The highest BCUT2D eigenvalue weighted by Crippen LogP contribution is 2.38. The second kappa shape index (κ2) is 5.99. The van der Waals surface area contributed by atoms with Crippen LogP contribution in [0.3, 0.4) is 0 Å². The first kappa shape index (κ1) is 13.7. The largest absolute Gasteiger partial charge is 0.307 e. The summed E-state index contributed by atoms with van der Waals surface area (Å²) in [7, 11) is 0. The molecule has 2 heteroatoms. The van der Waals surface area contributed by atoms with Gasteiger partial charge in [-0.1, -0.05) is 60.1 Å². The standard InChI is InChI=1S/C18H20ClN/c1-13(17-9-5-6-10-18(17)19)20-16-11-15(12-16)14-7-3-2-4-8-14/h2-10,13,15-16,20H,11-12H2,1H3/t13-,15?,16?/m0/s1. The normalized spacial score (nSPS) is 23.1. The van der Waals surface area contributed by atoms with Crippen LogP contribution in [0, 0.1) is 0 Å². The molecule has 20 heavy (non-hydrogen) atoms. The lowest BCUT2D eigenvalue weighted by Gasteiger charge is -2.38. The van der Waals surface area contributed by atoms with E-state index < -0.39 is 0 Å². The average molecular weight is 286 g/mol. The molecule has 1 saturated carbocycles. The highest BCUT2D eigenvalue weighted by Gasteiger charge is 2.31. The number of hydrogen-bond acceptors (Lipinski definition) is 1. The lowest BCUT2D eigenvalue weighted by Crippen LogP contribution is -2.41. The highest BCUT2D eigenvalue weighted by atomic mass is 35.5. The smallest absolute Gasteiger partial charge is 0.0453 e. The van der Waals surface area contributed by atoms with Gasteiger partial charge < -0.3 is 5.32 Å². The summed E-state index contributed by atoms with van der Waals surface area (Å²) < 4.78 is 0. The minimum Gasteiger partial charge on any atom is -0.307 e. The molecule has 2 aromatic carbocycles. The summed E-state index contributed by atoms with van der Waals surface area (Å²) in [4.78, 5) is 0. The molecule has 3 rings (SSSR count). The van der Waals surface area contributed by atoms with Gasteiger partial charge in [0, 0.05) is 17.1 Å². The Bertz CT molecular complexity index is 561. The Balaban J connectivity index is 1.55. The van der Waals surface area contributed by atoms with Crippen molar-refractivity contribution >= 4 is 11.6 Å². The first-order valence-electron chi connectivity index (χ1n) is 7.29. The molecule has 1 aliphatic carbocycles. The molecule has 1 fully saturated rings. The number of rotatable bonds is 4. The van der Waals surface area contributed by atoms with Gasteiger partial charge in [-0.15, -0.1) is 0 Å². The van der Waals surface area contributed by atoms with E-state index in [0.717, 1.165) is 5.02 Å². The van der Waals surface area contributed by atoms with Crippen molar-refractivity contribution in [2.45, 2.75) is 37.8 Å². The van der Waals surface area contributed by atoms with Crippen LogP contribution in [0.2, 0.25) is 5.02 Å². The Kier molecular flexibility index (Phi) is 4.09. The maximum Gasteiger partial charge on any atom is 0.0453 e. The van der Waals surface area contributed by atoms with Gasteiger partial charge in [-0.2, -0.15) is 0 Å². The lowest BCUT2D eigenvalue weighted by atomic mass is 9.75. The fraction of sp³-hybridized carbons (Fsp3) is 0.333. The molecule has 0 bridgehead atoms. The first-order valence-corrected chi connectivity index (χ1v) is 7.67. The molecule has 1 N–H and O–H groups in total. The van der Waals surface area contributed by atoms with E-state index in [-0.39, 0.29) is 0 Å². The minimum absolute atomic E-state index is 0.311. The summed E-state index contributed by atoms with van der Waals surface area (Å²) in [5.41, 5.74) is 2.66. The average Bonchev–Trinajstić information content (AvgIpc) is 2.43. The zero-order chi connectivity index (χ0) is 13.9. The van der Waals surface area contributed by atoms with Crippen molar-refractivity contribution in [2.75, 3.05) is 0 Å². The zero-order valence-corrected chi connectivity index (χ0v) is 12.5. The monoisotopic (exact) mass is 285 g/mol. The lowest BCUT2D eigenvalue weighted by molar-refractivity contribution is 0.271. The molecule has 104 valence electrons. The van der Waals surface area contributed by atoms with Gasteiger partial charge >= 0.3 is 0 Å². The van der Waals surface area contributed by atoms with E-state index in [2.05, 4.69) is 48.6 Å². The number of nitrogens with one attached hydrogen (secondary N) is 1. The van der Waals surface area contributed by atoms with Gasteiger partial charge in [0.05, 0.1) is 0 Å². The molecule has 2 aromatic rings. The molecule has 1 atom stereocenters. The van der Waals surface area contributed by atoms with E-state index in [9.17, 15) is 0 Å². The summed E-state index contributed by atoms with van der Waals surface area (Å²) in [6.07, 6.45) is 2.44. The highest BCUT2D eigenvalue weighted by molar-refractivity contribution is 6.31. The second-order valence-corrected chi connectivity index (χ2v) is 6.09. The molecular formula is C18H20ClN. The van der Waals surface area contributed by atoms with Gasteiger partial charge in [-0.3, -0.25) is 0 Å². The van der Waals surface area contributed by atoms with E-state index in [0.29, 0.717) is 18.0 Å². The predicted molar refractivity (Wildman–Crippen MR) is 85.2 cm³/mol. The SMILES string of the molecule is C[C@H](NC1CC(c2ccccc2)C1)c1ccccc1Cl. The van der Waals surface area contributed by atoms with Gasteiger partial charge in [-0.05, 0) is 42.9 Å². The van der Waals surface area contributed by atoms with Crippen LogP contribution in [0.1, 0.15) is 42.9 Å². The number of benzene rings is 2. The van der Waals surface area contributed by atoms with E-state index in [1.54, 1.807) is 0 Å². The van der Waals surface area contributed by atoms with E-state index in [4.69, 9.17) is 11.6 Å². The molecular weight excluding hydrogens is 266 g/mol. The Morgan fingerprint density at radius 3 is 2.35 bits per heavy atom. The van der Waals surface area contributed by atoms with Gasteiger partial charge in [-0.25, -0.2) is 0 Å². The van der Waals surface area contributed by atoms with Crippen LogP contribution in [-0.2, 0) is 0 Å². The maximum absolute atomic E-state index is 6.25. The van der Waals surface area contributed by atoms with E-state index >= 15 is 0 Å². The fourth-order valence-corrected chi connectivity index (χ4v) is 3.32. The molecule has 0 amide bonds. The summed E-state index contributed by atoms with van der Waals surface area (Å²) in [5, 5.41) is 4.54. The molecule has 0 heterocycles. The second-order valence-electron chi connectivity index (χ2n) is 5.69. The Morgan fingerprint density at radius 2 is 1.65 bits per heavy atom. The summed E-state index contributed by atoms with van der Waals surface area (Å²) >= 11 is 6.25. The molecule has 0 saturated heterocycles. The van der Waals surface area contributed by atoms with Crippen LogP contribution < -0.4 is 5.32 Å². The third-order valence-electron chi connectivity index (χ3n) is 4.27. The van der Waals surface area contributed by atoms with Crippen molar-refractivity contribution in [1.82, 2.24) is 5.32 Å².